The number of ether oxygens (including phenoxy) is 1. The zero-order chi connectivity index (χ0) is 21.8. The number of rotatable bonds is 6. The van der Waals surface area contributed by atoms with Crippen LogP contribution in [0, 0.1) is 0 Å². The van der Waals surface area contributed by atoms with Gasteiger partial charge in [0, 0.05) is 69.7 Å². The quantitative estimate of drug-likeness (QED) is 0.595. The highest BCUT2D eigenvalue weighted by Crippen LogP contribution is 2.23. The standard InChI is InChI=1S/C26H31N5O/c1-2-32-24-10-6-7-21(17-24)19-29-12-11-25-22(20-29)18-27-26(28-25)31-15-13-30(14-16-31)23-8-4-3-5-9-23/h3-10,17-18H,2,11-16,19-20H2,1H3. The fourth-order valence-electron chi connectivity index (χ4n) is 4.61. The average molecular weight is 430 g/mol. The number of piperazine rings is 1. The predicted octanol–water partition coefficient (Wildman–Crippen LogP) is 3.76. The molecule has 1 aromatic heterocycles. The van der Waals surface area contributed by atoms with Crippen molar-refractivity contribution >= 4 is 11.6 Å². The molecule has 6 heteroatoms. The van der Waals surface area contributed by atoms with E-state index in [4.69, 9.17) is 14.7 Å². The van der Waals surface area contributed by atoms with Crippen LogP contribution in [-0.2, 0) is 19.5 Å². The van der Waals surface area contributed by atoms with Crippen molar-refractivity contribution in [3.8, 4) is 5.75 Å². The Bertz CT molecular complexity index is 1030. The first-order valence-electron chi connectivity index (χ1n) is 11.6. The van der Waals surface area contributed by atoms with Crippen molar-refractivity contribution in [1.29, 1.82) is 0 Å². The molecule has 3 aromatic rings. The molecule has 0 bridgehead atoms. The number of aromatic nitrogens is 2. The van der Waals surface area contributed by atoms with Crippen LogP contribution in [-0.4, -0.2) is 54.2 Å². The van der Waals surface area contributed by atoms with Gasteiger partial charge >= 0.3 is 0 Å². The van der Waals surface area contributed by atoms with E-state index < -0.39 is 0 Å². The summed E-state index contributed by atoms with van der Waals surface area (Å²) >= 11 is 0. The molecule has 1 fully saturated rings. The van der Waals surface area contributed by atoms with Crippen LogP contribution < -0.4 is 14.5 Å². The van der Waals surface area contributed by atoms with Gasteiger partial charge in [0.2, 0.25) is 5.95 Å². The SMILES string of the molecule is CCOc1cccc(CN2CCc3nc(N4CCN(c5ccccc5)CC4)ncc3C2)c1. The van der Waals surface area contributed by atoms with Gasteiger partial charge in [0.1, 0.15) is 5.75 Å². The van der Waals surface area contributed by atoms with Crippen LogP contribution in [0.4, 0.5) is 11.6 Å². The molecule has 0 unspecified atom stereocenters. The number of benzene rings is 2. The average Bonchev–Trinajstić information content (AvgIpc) is 2.85. The van der Waals surface area contributed by atoms with Crippen LogP contribution in [0.2, 0.25) is 0 Å². The zero-order valence-corrected chi connectivity index (χ0v) is 18.8. The molecule has 0 amide bonds. The third-order valence-electron chi connectivity index (χ3n) is 6.30. The van der Waals surface area contributed by atoms with Crippen molar-refractivity contribution in [1.82, 2.24) is 14.9 Å². The molecule has 6 nitrogen and oxygen atoms in total. The Hall–Kier alpha value is -3.12. The fourth-order valence-corrected chi connectivity index (χ4v) is 4.61. The van der Waals surface area contributed by atoms with E-state index in [1.807, 2.05) is 19.2 Å². The summed E-state index contributed by atoms with van der Waals surface area (Å²) in [4.78, 5) is 16.9. The van der Waals surface area contributed by atoms with Crippen molar-refractivity contribution in [3.05, 3.63) is 77.6 Å². The fraction of sp³-hybridized carbons (Fsp3) is 0.385. The molecular weight excluding hydrogens is 398 g/mol. The van der Waals surface area contributed by atoms with Crippen LogP contribution in [0.5, 0.6) is 5.75 Å². The topological polar surface area (TPSA) is 44.7 Å². The van der Waals surface area contributed by atoms with E-state index in [1.54, 1.807) is 0 Å². The molecule has 0 atom stereocenters. The van der Waals surface area contributed by atoms with Crippen molar-refractivity contribution in [2.24, 2.45) is 0 Å². The molecule has 2 aliphatic heterocycles. The lowest BCUT2D eigenvalue weighted by molar-refractivity contribution is 0.242. The summed E-state index contributed by atoms with van der Waals surface area (Å²) in [6.07, 6.45) is 3.02. The third kappa shape index (κ3) is 4.70. The summed E-state index contributed by atoms with van der Waals surface area (Å²) in [6.45, 7) is 9.46. The number of fused-ring (bicyclic) bond motifs is 1. The second kappa shape index (κ2) is 9.57. The van der Waals surface area contributed by atoms with E-state index in [0.29, 0.717) is 6.61 Å². The number of nitrogens with zero attached hydrogens (tertiary/aromatic N) is 5. The Morgan fingerprint density at radius 2 is 1.72 bits per heavy atom. The van der Waals surface area contributed by atoms with Crippen molar-refractivity contribution in [3.63, 3.8) is 0 Å². The monoisotopic (exact) mass is 429 g/mol. The summed E-state index contributed by atoms with van der Waals surface area (Å²) < 4.78 is 5.65. The van der Waals surface area contributed by atoms with Gasteiger partial charge in [0.05, 0.1) is 12.3 Å². The Kier molecular flexibility index (Phi) is 6.21. The maximum Gasteiger partial charge on any atom is 0.225 e. The Morgan fingerprint density at radius 1 is 0.906 bits per heavy atom. The molecule has 2 aromatic carbocycles. The first kappa shape index (κ1) is 20.8. The molecule has 166 valence electrons. The second-order valence-electron chi connectivity index (χ2n) is 8.49. The molecule has 0 radical (unpaired) electrons. The molecule has 0 spiro atoms. The number of para-hydroxylation sites is 1. The van der Waals surface area contributed by atoms with Gasteiger partial charge in [-0.2, -0.15) is 0 Å². The highest BCUT2D eigenvalue weighted by atomic mass is 16.5. The maximum atomic E-state index is 5.65. The summed E-state index contributed by atoms with van der Waals surface area (Å²) in [5, 5.41) is 0. The number of hydrogen-bond acceptors (Lipinski definition) is 6. The molecule has 3 heterocycles. The number of anilines is 2. The van der Waals surface area contributed by atoms with Gasteiger partial charge < -0.3 is 14.5 Å². The second-order valence-corrected chi connectivity index (χ2v) is 8.49. The van der Waals surface area contributed by atoms with Crippen LogP contribution in [0.3, 0.4) is 0 Å². The maximum absolute atomic E-state index is 5.65. The van der Waals surface area contributed by atoms with Crippen LogP contribution in [0.25, 0.3) is 0 Å². The van der Waals surface area contributed by atoms with E-state index in [1.165, 1.54) is 22.5 Å². The molecule has 2 aliphatic rings. The normalized spacial score (nSPS) is 16.7. The van der Waals surface area contributed by atoms with Crippen molar-refractivity contribution in [2.45, 2.75) is 26.4 Å². The van der Waals surface area contributed by atoms with Gasteiger partial charge in [-0.1, -0.05) is 30.3 Å². The van der Waals surface area contributed by atoms with Crippen LogP contribution in [0.15, 0.2) is 60.8 Å². The summed E-state index contributed by atoms with van der Waals surface area (Å²) in [7, 11) is 0. The van der Waals surface area contributed by atoms with E-state index in [0.717, 1.165) is 63.9 Å². The van der Waals surface area contributed by atoms with Gasteiger partial charge in [-0.15, -0.1) is 0 Å². The Balaban J connectivity index is 1.20. The van der Waals surface area contributed by atoms with Crippen molar-refractivity contribution in [2.75, 3.05) is 49.1 Å². The minimum atomic E-state index is 0.696. The molecule has 0 aliphatic carbocycles. The van der Waals surface area contributed by atoms with E-state index in [-0.39, 0.29) is 0 Å². The molecule has 5 rings (SSSR count). The third-order valence-corrected chi connectivity index (χ3v) is 6.30. The molecule has 32 heavy (non-hydrogen) atoms. The van der Waals surface area contributed by atoms with Gasteiger partial charge in [-0.25, -0.2) is 9.97 Å². The lowest BCUT2D eigenvalue weighted by atomic mass is 10.1. The first-order valence-corrected chi connectivity index (χ1v) is 11.6. The Morgan fingerprint density at radius 3 is 2.53 bits per heavy atom. The van der Waals surface area contributed by atoms with E-state index in [2.05, 4.69) is 63.2 Å². The zero-order valence-electron chi connectivity index (χ0n) is 18.8. The van der Waals surface area contributed by atoms with Gasteiger partial charge in [0.15, 0.2) is 0 Å². The van der Waals surface area contributed by atoms with Crippen molar-refractivity contribution < 1.29 is 4.74 Å². The van der Waals surface area contributed by atoms with Gasteiger partial charge in [-0.05, 0) is 36.8 Å². The van der Waals surface area contributed by atoms with Gasteiger partial charge in [-0.3, -0.25) is 4.90 Å². The molecule has 0 N–H and O–H groups in total. The molecular formula is C26H31N5O. The smallest absolute Gasteiger partial charge is 0.225 e. The first-order chi connectivity index (χ1) is 15.8. The van der Waals surface area contributed by atoms with Gasteiger partial charge in [0.25, 0.3) is 0 Å². The lowest BCUT2D eigenvalue weighted by Crippen LogP contribution is -2.47. The minimum absolute atomic E-state index is 0.696. The summed E-state index contributed by atoms with van der Waals surface area (Å²) in [5.41, 5.74) is 5.04. The van der Waals surface area contributed by atoms with Crippen LogP contribution in [0.1, 0.15) is 23.7 Å². The lowest BCUT2D eigenvalue weighted by Gasteiger charge is -2.36. The highest BCUT2D eigenvalue weighted by Gasteiger charge is 2.23. The minimum Gasteiger partial charge on any atom is -0.494 e. The predicted molar refractivity (Wildman–Crippen MR) is 128 cm³/mol. The van der Waals surface area contributed by atoms with Crippen LogP contribution >= 0.6 is 0 Å². The highest BCUT2D eigenvalue weighted by molar-refractivity contribution is 5.48. The van der Waals surface area contributed by atoms with E-state index >= 15 is 0 Å². The Labute approximate surface area is 190 Å². The summed E-state index contributed by atoms with van der Waals surface area (Å²) in [5.74, 6) is 1.83. The molecule has 0 saturated carbocycles. The van der Waals surface area contributed by atoms with E-state index in [9.17, 15) is 0 Å². The largest absolute Gasteiger partial charge is 0.494 e. The summed E-state index contributed by atoms with van der Waals surface area (Å²) in [6, 6.07) is 19.1. The molecule has 1 saturated heterocycles. The number of hydrogen-bond donors (Lipinski definition) is 0.